The largest absolute Gasteiger partial charge is 0.493 e. The number of sulfonamides is 1. The van der Waals surface area contributed by atoms with Crippen LogP contribution in [0.3, 0.4) is 0 Å². The third kappa shape index (κ3) is 4.47. The summed E-state index contributed by atoms with van der Waals surface area (Å²) < 4.78 is 54.5. The minimum absolute atomic E-state index is 0.0523. The third-order valence-corrected chi connectivity index (χ3v) is 7.64. The highest BCUT2D eigenvalue weighted by atomic mass is 32.2. The average Bonchev–Trinajstić information content (AvgIpc) is 2.45. The molecule has 0 unspecified atom stereocenters. The van der Waals surface area contributed by atoms with Crippen LogP contribution < -0.4 is 4.74 Å². The van der Waals surface area contributed by atoms with Gasteiger partial charge in [0, 0.05) is 24.9 Å². The van der Waals surface area contributed by atoms with Crippen LogP contribution in [0.25, 0.3) is 0 Å². The van der Waals surface area contributed by atoms with Crippen molar-refractivity contribution in [1.29, 1.82) is 0 Å². The summed E-state index contributed by atoms with van der Waals surface area (Å²) in [5.74, 6) is 0.482. The van der Waals surface area contributed by atoms with E-state index in [2.05, 4.69) is 0 Å². The molecule has 1 aromatic carbocycles. The van der Waals surface area contributed by atoms with E-state index in [4.69, 9.17) is 4.74 Å². The number of sulfone groups is 1. The van der Waals surface area contributed by atoms with E-state index in [1.807, 2.05) is 19.0 Å². The van der Waals surface area contributed by atoms with Gasteiger partial charge in [-0.3, -0.25) is 0 Å². The maximum atomic E-state index is 12.5. The van der Waals surface area contributed by atoms with Crippen LogP contribution in [0.2, 0.25) is 0 Å². The van der Waals surface area contributed by atoms with Gasteiger partial charge in [0.2, 0.25) is 10.0 Å². The highest BCUT2D eigenvalue weighted by molar-refractivity contribution is 7.91. The highest BCUT2D eigenvalue weighted by Crippen LogP contribution is 2.24. The average molecular weight is 377 g/mol. The molecule has 0 saturated carbocycles. The highest BCUT2D eigenvalue weighted by Gasteiger charge is 2.37. The maximum absolute atomic E-state index is 12.5. The van der Waals surface area contributed by atoms with Crippen molar-refractivity contribution in [3.05, 3.63) is 24.3 Å². The van der Waals surface area contributed by atoms with Crippen LogP contribution in [-0.4, -0.2) is 77.4 Å². The molecular formula is C15H24N2O5S2. The molecule has 9 heteroatoms. The van der Waals surface area contributed by atoms with Gasteiger partial charge in [-0.15, -0.1) is 0 Å². The number of ether oxygens (including phenoxy) is 1. The molecule has 136 valence electrons. The van der Waals surface area contributed by atoms with Gasteiger partial charge in [-0.2, -0.15) is 4.31 Å². The first-order valence-electron chi connectivity index (χ1n) is 7.75. The van der Waals surface area contributed by atoms with E-state index in [1.165, 1.54) is 16.4 Å². The topological polar surface area (TPSA) is 84.0 Å². The Bertz CT molecular complexity index is 752. The fourth-order valence-electron chi connectivity index (χ4n) is 2.23. The van der Waals surface area contributed by atoms with E-state index in [0.717, 1.165) is 0 Å². The van der Waals surface area contributed by atoms with E-state index in [9.17, 15) is 16.8 Å². The number of hydrogen-bond acceptors (Lipinski definition) is 6. The third-order valence-electron chi connectivity index (χ3n) is 4.12. The molecule has 0 spiro atoms. The van der Waals surface area contributed by atoms with E-state index in [0.29, 0.717) is 18.8 Å². The quantitative estimate of drug-likeness (QED) is 0.654. The summed E-state index contributed by atoms with van der Waals surface area (Å²) in [6.07, 6.45) is 0. The van der Waals surface area contributed by atoms with E-state index >= 15 is 0 Å². The summed E-state index contributed by atoms with van der Waals surface area (Å²) in [7, 11) is -2.69. The zero-order chi connectivity index (χ0) is 18.0. The fourth-order valence-corrected chi connectivity index (χ4v) is 4.37. The first-order valence-corrected chi connectivity index (χ1v) is 11.0. The lowest BCUT2D eigenvalue weighted by atomic mass is 10.2. The van der Waals surface area contributed by atoms with Crippen molar-refractivity contribution in [2.45, 2.75) is 17.9 Å². The molecule has 7 nitrogen and oxygen atoms in total. The van der Waals surface area contributed by atoms with Crippen molar-refractivity contribution in [2.75, 3.05) is 45.3 Å². The minimum Gasteiger partial charge on any atom is -0.493 e. The summed E-state index contributed by atoms with van der Waals surface area (Å²) in [6, 6.07) is 6.33. The Labute approximate surface area is 144 Å². The molecule has 1 aromatic rings. The van der Waals surface area contributed by atoms with E-state index in [1.54, 1.807) is 19.1 Å². The molecule has 0 bridgehead atoms. The summed E-state index contributed by atoms with van der Waals surface area (Å²) in [5, 5.41) is 0. The summed E-state index contributed by atoms with van der Waals surface area (Å²) >= 11 is 0. The molecule has 24 heavy (non-hydrogen) atoms. The van der Waals surface area contributed by atoms with Crippen LogP contribution in [0, 0.1) is 0 Å². The van der Waals surface area contributed by atoms with Crippen molar-refractivity contribution in [3.8, 4) is 5.75 Å². The second-order valence-electron chi connectivity index (χ2n) is 6.00. The standard InChI is InChI=1S/C15H24N2O5S2/c1-4-23(18,19)10-9-22-14-5-7-15(8-6-14)24(20,21)17-11-13(12-17)16(2)3/h5-8,13H,4,9-12H2,1-3H3. The smallest absolute Gasteiger partial charge is 0.243 e. The molecule has 0 aromatic heterocycles. The van der Waals surface area contributed by atoms with Crippen molar-refractivity contribution < 1.29 is 21.6 Å². The van der Waals surface area contributed by atoms with Crippen LogP contribution in [0.15, 0.2) is 29.2 Å². The molecule has 1 heterocycles. The predicted molar refractivity (Wildman–Crippen MR) is 92.5 cm³/mol. The van der Waals surface area contributed by atoms with Gasteiger partial charge in [0.25, 0.3) is 0 Å². The molecule has 1 aliphatic heterocycles. The van der Waals surface area contributed by atoms with Gasteiger partial charge in [0.15, 0.2) is 9.84 Å². The Morgan fingerprint density at radius 3 is 2.21 bits per heavy atom. The summed E-state index contributed by atoms with van der Waals surface area (Å²) in [4.78, 5) is 2.22. The van der Waals surface area contributed by atoms with Crippen molar-refractivity contribution in [1.82, 2.24) is 9.21 Å². The number of hydrogen-bond donors (Lipinski definition) is 0. The molecule has 0 radical (unpaired) electrons. The Hall–Kier alpha value is -1.16. The van der Waals surface area contributed by atoms with Gasteiger partial charge < -0.3 is 9.64 Å². The Morgan fingerprint density at radius 1 is 1.12 bits per heavy atom. The monoisotopic (exact) mass is 376 g/mol. The Morgan fingerprint density at radius 2 is 1.71 bits per heavy atom. The number of rotatable bonds is 8. The summed E-state index contributed by atoms with van der Waals surface area (Å²) in [5.41, 5.74) is 0. The van der Waals surface area contributed by atoms with Crippen molar-refractivity contribution in [2.24, 2.45) is 0 Å². The van der Waals surface area contributed by atoms with Gasteiger partial charge in [0.05, 0.1) is 10.6 Å². The number of nitrogens with zero attached hydrogens (tertiary/aromatic N) is 2. The molecule has 1 aliphatic rings. The van der Waals surface area contributed by atoms with Crippen molar-refractivity contribution in [3.63, 3.8) is 0 Å². The predicted octanol–water partition coefficient (Wildman–Crippen LogP) is 0.435. The van der Waals surface area contributed by atoms with Crippen LogP contribution in [0.5, 0.6) is 5.75 Å². The molecule has 0 atom stereocenters. The molecule has 1 saturated heterocycles. The zero-order valence-electron chi connectivity index (χ0n) is 14.2. The Kier molecular flexibility index (Phi) is 5.90. The molecule has 1 fully saturated rings. The van der Waals surface area contributed by atoms with Gasteiger partial charge in [-0.1, -0.05) is 6.92 Å². The van der Waals surface area contributed by atoms with Crippen LogP contribution in [0.1, 0.15) is 6.92 Å². The van der Waals surface area contributed by atoms with Crippen LogP contribution >= 0.6 is 0 Å². The van der Waals surface area contributed by atoms with Crippen molar-refractivity contribution >= 4 is 19.9 Å². The van der Waals surface area contributed by atoms with Gasteiger partial charge >= 0.3 is 0 Å². The maximum Gasteiger partial charge on any atom is 0.243 e. The molecule has 0 N–H and O–H groups in total. The van der Waals surface area contributed by atoms with E-state index < -0.39 is 19.9 Å². The number of likely N-dealkylation sites (N-methyl/N-ethyl adjacent to an activating group) is 1. The number of benzene rings is 1. The minimum atomic E-state index is -3.48. The lowest BCUT2D eigenvalue weighted by Crippen LogP contribution is -2.58. The first kappa shape index (κ1) is 19.2. The SMILES string of the molecule is CCS(=O)(=O)CCOc1ccc(S(=O)(=O)N2CC(N(C)C)C2)cc1. The second-order valence-corrected chi connectivity index (χ2v) is 10.4. The van der Waals surface area contributed by atoms with Gasteiger partial charge in [0.1, 0.15) is 12.4 Å². The second kappa shape index (κ2) is 7.38. The summed E-state index contributed by atoms with van der Waals surface area (Å²) in [6.45, 7) is 2.62. The lowest BCUT2D eigenvalue weighted by Gasteiger charge is -2.41. The molecular weight excluding hydrogens is 352 g/mol. The van der Waals surface area contributed by atoms with Crippen LogP contribution in [0.4, 0.5) is 0 Å². The Balaban J connectivity index is 1.94. The van der Waals surface area contributed by atoms with Gasteiger partial charge in [-0.05, 0) is 38.4 Å². The molecule has 0 amide bonds. The van der Waals surface area contributed by atoms with Crippen LogP contribution in [-0.2, 0) is 19.9 Å². The molecule has 2 rings (SSSR count). The lowest BCUT2D eigenvalue weighted by molar-refractivity contribution is 0.134. The van der Waals surface area contributed by atoms with E-state index in [-0.39, 0.29) is 29.0 Å². The normalized spacial score (nSPS) is 17.0. The zero-order valence-corrected chi connectivity index (χ0v) is 15.8. The van der Waals surface area contributed by atoms with Gasteiger partial charge in [-0.25, -0.2) is 16.8 Å². The molecule has 0 aliphatic carbocycles. The fraction of sp³-hybridized carbons (Fsp3) is 0.600. The first-order chi connectivity index (χ1) is 11.2.